The number of nitrogens with zero attached hydrogens (tertiary/aromatic N) is 2. The molecular formula is C33H40ClFN4O. The van der Waals surface area contributed by atoms with Gasteiger partial charge in [-0.25, -0.2) is 4.39 Å². The van der Waals surface area contributed by atoms with Crippen molar-refractivity contribution < 1.29 is 9.18 Å². The average molecular weight is 563 g/mol. The van der Waals surface area contributed by atoms with E-state index in [-0.39, 0.29) is 23.8 Å². The Morgan fingerprint density at radius 3 is 2.42 bits per heavy atom. The van der Waals surface area contributed by atoms with Crippen molar-refractivity contribution in [3.05, 3.63) is 106 Å². The number of piperidine rings is 1. The quantitative estimate of drug-likeness (QED) is 0.342. The van der Waals surface area contributed by atoms with E-state index < -0.39 is 0 Å². The first-order valence-electron chi connectivity index (χ1n) is 14.6. The van der Waals surface area contributed by atoms with Crippen LogP contribution in [0, 0.1) is 5.82 Å². The standard InChI is InChI=1S/C33H40ClFN4O/c34-28-11-6-9-26(21-28)23-39-24-30(22-32(39)33(40)36-17-13-27-10-4-5-12-31(27)35)37-29-15-19-38(20-16-29)18-14-25-7-2-1-3-8-25/h1-12,21,29-30,32,37H,13-20,22-24H2,(H,36,40)/t30-,32-/m0/s1. The summed E-state index contributed by atoms with van der Waals surface area (Å²) in [6.07, 6.45) is 4.58. The molecule has 0 saturated carbocycles. The van der Waals surface area contributed by atoms with E-state index in [1.54, 1.807) is 12.1 Å². The summed E-state index contributed by atoms with van der Waals surface area (Å²) in [7, 11) is 0. The van der Waals surface area contributed by atoms with Crippen molar-refractivity contribution in [2.75, 3.05) is 32.7 Å². The van der Waals surface area contributed by atoms with Gasteiger partial charge in [-0.3, -0.25) is 9.69 Å². The third kappa shape index (κ3) is 8.14. The fourth-order valence-corrected chi connectivity index (χ4v) is 6.28. The van der Waals surface area contributed by atoms with E-state index in [0.29, 0.717) is 36.1 Å². The smallest absolute Gasteiger partial charge is 0.237 e. The number of nitrogens with one attached hydrogen (secondary N) is 2. The van der Waals surface area contributed by atoms with E-state index in [1.165, 1.54) is 11.6 Å². The highest BCUT2D eigenvalue weighted by Gasteiger charge is 2.37. The summed E-state index contributed by atoms with van der Waals surface area (Å²) in [4.78, 5) is 18.2. The number of halogens is 2. The zero-order valence-electron chi connectivity index (χ0n) is 23.1. The Hall–Kier alpha value is -2.77. The normalized spacial score (nSPS) is 20.6. The second-order valence-electron chi connectivity index (χ2n) is 11.2. The molecule has 7 heteroatoms. The van der Waals surface area contributed by atoms with Crippen LogP contribution in [0.2, 0.25) is 5.02 Å². The molecule has 3 aromatic rings. The maximum atomic E-state index is 14.0. The summed E-state index contributed by atoms with van der Waals surface area (Å²) < 4.78 is 14.0. The largest absolute Gasteiger partial charge is 0.354 e. The van der Waals surface area contributed by atoms with Gasteiger partial charge in [0.25, 0.3) is 0 Å². The molecule has 2 atom stereocenters. The van der Waals surface area contributed by atoms with E-state index in [0.717, 1.165) is 57.4 Å². The molecule has 0 aliphatic carbocycles. The van der Waals surface area contributed by atoms with Gasteiger partial charge in [-0.15, -0.1) is 0 Å². The summed E-state index contributed by atoms with van der Waals surface area (Å²) in [6.45, 7) is 5.20. The molecule has 0 bridgehead atoms. The van der Waals surface area contributed by atoms with Crippen LogP contribution in [0.5, 0.6) is 0 Å². The van der Waals surface area contributed by atoms with Crippen LogP contribution in [0.25, 0.3) is 0 Å². The Labute approximate surface area is 242 Å². The molecule has 0 unspecified atom stereocenters. The van der Waals surface area contributed by atoms with Gasteiger partial charge in [-0.2, -0.15) is 0 Å². The highest BCUT2D eigenvalue weighted by molar-refractivity contribution is 6.30. The van der Waals surface area contributed by atoms with Crippen molar-refractivity contribution >= 4 is 17.5 Å². The Kier molecular flexibility index (Phi) is 10.2. The monoisotopic (exact) mass is 562 g/mol. The molecule has 2 heterocycles. The summed E-state index contributed by atoms with van der Waals surface area (Å²) in [5.74, 6) is -0.214. The summed E-state index contributed by atoms with van der Waals surface area (Å²) in [5.41, 5.74) is 3.12. The summed E-state index contributed by atoms with van der Waals surface area (Å²) in [6, 6.07) is 25.8. The number of benzene rings is 3. The van der Waals surface area contributed by atoms with Gasteiger partial charge in [0.05, 0.1) is 6.04 Å². The maximum Gasteiger partial charge on any atom is 0.237 e. The molecule has 3 aromatic carbocycles. The summed E-state index contributed by atoms with van der Waals surface area (Å²) in [5, 5.41) is 7.67. The van der Waals surface area contributed by atoms with Crippen molar-refractivity contribution in [1.82, 2.24) is 20.4 Å². The van der Waals surface area contributed by atoms with Crippen LogP contribution in [0.1, 0.15) is 36.0 Å². The average Bonchev–Trinajstić information content (AvgIpc) is 3.36. The molecule has 0 spiro atoms. The molecule has 2 N–H and O–H groups in total. The minimum Gasteiger partial charge on any atom is -0.354 e. The first-order chi connectivity index (χ1) is 19.5. The van der Waals surface area contributed by atoms with Crippen LogP contribution < -0.4 is 10.6 Å². The predicted octanol–water partition coefficient (Wildman–Crippen LogP) is 5.08. The highest BCUT2D eigenvalue weighted by Crippen LogP contribution is 2.24. The number of rotatable bonds is 11. The van der Waals surface area contributed by atoms with E-state index in [2.05, 4.69) is 56.8 Å². The zero-order valence-corrected chi connectivity index (χ0v) is 23.8. The number of carbonyl (C=O) groups is 1. The lowest BCUT2D eigenvalue weighted by atomic mass is 10.0. The predicted molar refractivity (Wildman–Crippen MR) is 160 cm³/mol. The van der Waals surface area contributed by atoms with Crippen LogP contribution in [0.4, 0.5) is 4.39 Å². The molecule has 0 aromatic heterocycles. The minimum atomic E-state index is -0.233. The lowest BCUT2D eigenvalue weighted by Gasteiger charge is -2.34. The first-order valence-corrected chi connectivity index (χ1v) is 14.9. The molecule has 2 saturated heterocycles. The molecular weight excluding hydrogens is 523 g/mol. The second kappa shape index (κ2) is 14.2. The van der Waals surface area contributed by atoms with Gasteiger partial charge in [-0.1, -0.05) is 72.3 Å². The fraction of sp³-hybridized carbons (Fsp3) is 0.424. The van der Waals surface area contributed by atoms with Crippen molar-refractivity contribution in [1.29, 1.82) is 0 Å². The third-order valence-corrected chi connectivity index (χ3v) is 8.49. The lowest BCUT2D eigenvalue weighted by molar-refractivity contribution is -0.125. The topological polar surface area (TPSA) is 47.6 Å². The van der Waals surface area contributed by atoms with Gasteiger partial charge in [0, 0.05) is 43.3 Å². The van der Waals surface area contributed by atoms with Crippen LogP contribution >= 0.6 is 11.6 Å². The first kappa shape index (κ1) is 28.7. The number of hydrogen-bond donors (Lipinski definition) is 2. The molecule has 2 fully saturated rings. The van der Waals surface area contributed by atoms with E-state index >= 15 is 0 Å². The van der Waals surface area contributed by atoms with Gasteiger partial charge >= 0.3 is 0 Å². The molecule has 0 radical (unpaired) electrons. The highest BCUT2D eigenvalue weighted by atomic mass is 35.5. The minimum absolute atomic E-state index is 0.0124. The van der Waals surface area contributed by atoms with Crippen molar-refractivity contribution in [2.24, 2.45) is 0 Å². The number of amides is 1. The van der Waals surface area contributed by atoms with Crippen molar-refractivity contribution in [2.45, 2.75) is 56.8 Å². The lowest BCUT2D eigenvalue weighted by Crippen LogP contribution is -2.47. The molecule has 5 rings (SSSR count). The Morgan fingerprint density at radius 2 is 1.65 bits per heavy atom. The van der Waals surface area contributed by atoms with Gasteiger partial charge in [0.1, 0.15) is 5.82 Å². The van der Waals surface area contributed by atoms with E-state index in [1.807, 2.05) is 24.3 Å². The SMILES string of the molecule is O=C(NCCc1ccccc1F)[C@@H]1C[C@H](NC2CCN(CCc3ccccc3)CC2)CN1Cc1cccc(Cl)c1. The molecule has 212 valence electrons. The van der Waals surface area contributed by atoms with Crippen molar-refractivity contribution in [3.63, 3.8) is 0 Å². The van der Waals surface area contributed by atoms with Gasteiger partial charge in [-0.05, 0) is 80.1 Å². The maximum absolute atomic E-state index is 14.0. The van der Waals surface area contributed by atoms with Gasteiger partial charge in [0.15, 0.2) is 0 Å². The van der Waals surface area contributed by atoms with Crippen LogP contribution in [-0.2, 0) is 24.2 Å². The van der Waals surface area contributed by atoms with Crippen LogP contribution in [0.15, 0.2) is 78.9 Å². The Morgan fingerprint density at radius 1 is 0.900 bits per heavy atom. The molecule has 2 aliphatic heterocycles. The number of hydrogen-bond acceptors (Lipinski definition) is 4. The molecule has 40 heavy (non-hydrogen) atoms. The third-order valence-electron chi connectivity index (χ3n) is 8.25. The number of likely N-dealkylation sites (tertiary alicyclic amines) is 2. The molecule has 5 nitrogen and oxygen atoms in total. The molecule has 2 aliphatic rings. The Bertz CT molecular complexity index is 1230. The van der Waals surface area contributed by atoms with Crippen LogP contribution in [-0.4, -0.2) is 66.6 Å². The zero-order chi connectivity index (χ0) is 27.7. The van der Waals surface area contributed by atoms with E-state index in [9.17, 15) is 9.18 Å². The van der Waals surface area contributed by atoms with E-state index in [4.69, 9.17) is 11.6 Å². The van der Waals surface area contributed by atoms with Crippen molar-refractivity contribution in [3.8, 4) is 0 Å². The summed E-state index contributed by atoms with van der Waals surface area (Å²) >= 11 is 6.25. The number of carbonyl (C=O) groups excluding carboxylic acids is 1. The van der Waals surface area contributed by atoms with Gasteiger partial charge < -0.3 is 15.5 Å². The van der Waals surface area contributed by atoms with Crippen LogP contribution in [0.3, 0.4) is 0 Å². The Balaban J connectivity index is 1.14. The second-order valence-corrected chi connectivity index (χ2v) is 11.6. The van der Waals surface area contributed by atoms with Gasteiger partial charge in [0.2, 0.25) is 5.91 Å². The fourth-order valence-electron chi connectivity index (χ4n) is 6.07. The molecule has 1 amide bonds.